The lowest BCUT2D eigenvalue weighted by molar-refractivity contribution is -0.137. The molecule has 1 aromatic rings. The monoisotopic (exact) mass is 298 g/mol. The maximum absolute atomic E-state index is 12.3. The second-order valence-corrected chi connectivity index (χ2v) is 4.31. The summed E-state index contributed by atoms with van der Waals surface area (Å²) in [5.74, 6) is 0. The fraction of sp³-hybridized carbons (Fsp3) is 0.538. The average molecular weight is 298 g/mol. The van der Waals surface area contributed by atoms with Crippen molar-refractivity contribution >= 4 is 0 Å². The van der Waals surface area contributed by atoms with Crippen LogP contribution in [0, 0.1) is 0 Å². The third kappa shape index (κ3) is 6.29. The maximum atomic E-state index is 12.3. The zero-order valence-corrected chi connectivity index (χ0v) is 10.5. The van der Waals surface area contributed by atoms with Crippen molar-refractivity contribution in [1.82, 2.24) is 0 Å². The largest absolute Gasteiger partial charge is 0.416 e. The topological polar surface area (TPSA) is 29.5 Å². The van der Waals surface area contributed by atoms with Gasteiger partial charge in [-0.05, 0) is 30.5 Å². The number of rotatable bonds is 7. The van der Waals surface area contributed by atoms with Crippen molar-refractivity contribution in [2.24, 2.45) is 0 Å². The van der Waals surface area contributed by atoms with E-state index in [-0.39, 0.29) is 19.4 Å². The molecule has 1 N–H and O–H groups in total. The standard InChI is InChI=1S/C13H15F5O2/c14-12(15)8-20-6-5-11(19)7-9-1-3-10(4-2-9)13(16,17)18/h1-4,11-12,19H,5-8H2. The molecular formula is C13H15F5O2. The summed E-state index contributed by atoms with van der Waals surface area (Å²) in [7, 11) is 0. The number of aliphatic hydroxyl groups is 1. The third-order valence-electron chi connectivity index (χ3n) is 2.59. The quantitative estimate of drug-likeness (QED) is 0.618. The van der Waals surface area contributed by atoms with Gasteiger partial charge in [0.05, 0.1) is 11.7 Å². The Morgan fingerprint density at radius 3 is 2.20 bits per heavy atom. The van der Waals surface area contributed by atoms with Crippen LogP contribution < -0.4 is 0 Å². The van der Waals surface area contributed by atoms with Crippen LogP contribution in [0.15, 0.2) is 24.3 Å². The summed E-state index contributed by atoms with van der Waals surface area (Å²) < 4.78 is 65.1. The predicted molar refractivity (Wildman–Crippen MR) is 62.6 cm³/mol. The van der Waals surface area contributed by atoms with Crippen LogP contribution in [0.3, 0.4) is 0 Å². The van der Waals surface area contributed by atoms with Gasteiger partial charge in [0.1, 0.15) is 6.61 Å². The minimum atomic E-state index is -4.39. The molecule has 0 saturated carbocycles. The molecule has 2 nitrogen and oxygen atoms in total. The van der Waals surface area contributed by atoms with Gasteiger partial charge in [-0.3, -0.25) is 0 Å². The van der Waals surface area contributed by atoms with Crippen LogP contribution in [0.1, 0.15) is 17.5 Å². The zero-order chi connectivity index (χ0) is 15.2. The molecule has 0 aromatic heterocycles. The van der Waals surface area contributed by atoms with Crippen LogP contribution in [0.5, 0.6) is 0 Å². The highest BCUT2D eigenvalue weighted by atomic mass is 19.4. The molecule has 0 fully saturated rings. The van der Waals surface area contributed by atoms with Crippen LogP contribution in [0.2, 0.25) is 0 Å². The molecule has 0 saturated heterocycles. The highest BCUT2D eigenvalue weighted by molar-refractivity contribution is 5.25. The molecule has 0 aliphatic carbocycles. The highest BCUT2D eigenvalue weighted by Crippen LogP contribution is 2.29. The molecule has 0 aliphatic rings. The van der Waals surface area contributed by atoms with Gasteiger partial charge in [-0.1, -0.05) is 12.1 Å². The van der Waals surface area contributed by atoms with Gasteiger partial charge in [0, 0.05) is 6.61 Å². The van der Waals surface area contributed by atoms with E-state index >= 15 is 0 Å². The Balaban J connectivity index is 2.37. The maximum Gasteiger partial charge on any atom is 0.416 e. The zero-order valence-electron chi connectivity index (χ0n) is 10.5. The lowest BCUT2D eigenvalue weighted by Crippen LogP contribution is -2.15. The molecule has 1 atom stereocenters. The summed E-state index contributed by atoms with van der Waals surface area (Å²) in [5.41, 5.74) is -0.213. The van der Waals surface area contributed by atoms with Crippen LogP contribution in [0.4, 0.5) is 22.0 Å². The summed E-state index contributed by atoms with van der Waals surface area (Å²) in [4.78, 5) is 0. The molecule has 0 spiro atoms. The first-order chi connectivity index (χ1) is 9.29. The van der Waals surface area contributed by atoms with Gasteiger partial charge in [0.15, 0.2) is 0 Å². The number of alkyl halides is 5. The van der Waals surface area contributed by atoms with E-state index < -0.39 is 30.9 Å². The van der Waals surface area contributed by atoms with E-state index in [0.717, 1.165) is 12.1 Å². The minimum Gasteiger partial charge on any atom is -0.393 e. The molecule has 0 aliphatic heterocycles. The first-order valence-corrected chi connectivity index (χ1v) is 5.99. The highest BCUT2D eigenvalue weighted by Gasteiger charge is 2.29. The van der Waals surface area contributed by atoms with Gasteiger partial charge in [-0.25, -0.2) is 8.78 Å². The molecule has 0 heterocycles. The number of benzene rings is 1. The van der Waals surface area contributed by atoms with Crippen molar-refractivity contribution in [2.75, 3.05) is 13.2 Å². The molecule has 1 aromatic carbocycles. The van der Waals surface area contributed by atoms with Crippen molar-refractivity contribution in [1.29, 1.82) is 0 Å². The van der Waals surface area contributed by atoms with E-state index in [1.807, 2.05) is 0 Å². The molecule has 20 heavy (non-hydrogen) atoms. The summed E-state index contributed by atoms with van der Waals surface area (Å²) in [5, 5.41) is 9.61. The third-order valence-corrected chi connectivity index (χ3v) is 2.59. The molecule has 7 heteroatoms. The van der Waals surface area contributed by atoms with Crippen molar-refractivity contribution in [3.05, 3.63) is 35.4 Å². The van der Waals surface area contributed by atoms with Gasteiger partial charge in [0.2, 0.25) is 0 Å². The van der Waals surface area contributed by atoms with Crippen molar-refractivity contribution in [2.45, 2.75) is 31.5 Å². The summed E-state index contributed by atoms with van der Waals surface area (Å²) in [6.07, 6.45) is -7.49. The van der Waals surface area contributed by atoms with Crippen molar-refractivity contribution < 1.29 is 31.8 Å². The molecule has 1 rings (SSSR count). The van der Waals surface area contributed by atoms with E-state index in [1.165, 1.54) is 12.1 Å². The van der Waals surface area contributed by atoms with Gasteiger partial charge < -0.3 is 9.84 Å². The van der Waals surface area contributed by atoms with E-state index in [0.29, 0.717) is 5.56 Å². The lowest BCUT2D eigenvalue weighted by atomic mass is 10.0. The molecule has 0 amide bonds. The SMILES string of the molecule is OC(CCOCC(F)F)Cc1ccc(C(F)(F)F)cc1. The Bertz CT molecular complexity index is 389. The van der Waals surface area contributed by atoms with Gasteiger partial charge in [-0.2, -0.15) is 13.2 Å². The Kier molecular flexibility index (Phi) is 6.35. The Hall–Kier alpha value is -1.21. The minimum absolute atomic E-state index is 0.0217. The first-order valence-electron chi connectivity index (χ1n) is 5.99. The molecule has 0 bridgehead atoms. The van der Waals surface area contributed by atoms with E-state index in [1.54, 1.807) is 0 Å². The fourth-order valence-electron chi connectivity index (χ4n) is 1.60. The molecule has 114 valence electrons. The van der Waals surface area contributed by atoms with Crippen LogP contribution >= 0.6 is 0 Å². The normalized spacial score (nSPS) is 13.8. The first kappa shape index (κ1) is 16.8. The second kappa shape index (κ2) is 7.54. The Morgan fingerprint density at radius 2 is 1.70 bits per heavy atom. The Labute approximate surface area is 113 Å². The van der Waals surface area contributed by atoms with Crippen molar-refractivity contribution in [3.63, 3.8) is 0 Å². The lowest BCUT2D eigenvalue weighted by Gasteiger charge is -2.12. The van der Waals surface area contributed by atoms with E-state index in [9.17, 15) is 27.1 Å². The average Bonchev–Trinajstić information content (AvgIpc) is 2.34. The summed E-state index contributed by atoms with van der Waals surface area (Å²) >= 11 is 0. The number of aliphatic hydroxyl groups excluding tert-OH is 1. The van der Waals surface area contributed by atoms with E-state index in [2.05, 4.69) is 4.74 Å². The molecule has 1 unspecified atom stereocenters. The molecule has 0 radical (unpaired) electrons. The number of hydrogen-bond acceptors (Lipinski definition) is 2. The summed E-state index contributed by atoms with van der Waals surface area (Å²) in [6.45, 7) is -0.709. The van der Waals surface area contributed by atoms with E-state index in [4.69, 9.17) is 0 Å². The van der Waals surface area contributed by atoms with Crippen LogP contribution in [-0.2, 0) is 17.3 Å². The number of hydrogen-bond donors (Lipinski definition) is 1. The summed E-state index contributed by atoms with van der Waals surface area (Å²) in [6, 6.07) is 4.45. The second-order valence-electron chi connectivity index (χ2n) is 4.31. The number of halogens is 5. The van der Waals surface area contributed by atoms with Crippen LogP contribution in [-0.4, -0.2) is 30.8 Å². The van der Waals surface area contributed by atoms with Crippen LogP contribution in [0.25, 0.3) is 0 Å². The van der Waals surface area contributed by atoms with Gasteiger partial charge >= 0.3 is 6.18 Å². The smallest absolute Gasteiger partial charge is 0.393 e. The van der Waals surface area contributed by atoms with Gasteiger partial charge in [0.25, 0.3) is 6.43 Å². The van der Waals surface area contributed by atoms with Gasteiger partial charge in [-0.15, -0.1) is 0 Å². The predicted octanol–water partition coefficient (Wildman–Crippen LogP) is 3.28. The number of ether oxygens (including phenoxy) is 1. The fourth-order valence-corrected chi connectivity index (χ4v) is 1.60. The van der Waals surface area contributed by atoms with Crippen molar-refractivity contribution in [3.8, 4) is 0 Å². The molecular weight excluding hydrogens is 283 g/mol. The Morgan fingerprint density at radius 1 is 1.10 bits per heavy atom.